The first-order valence-corrected chi connectivity index (χ1v) is 16.0. The molecular formula is C38H68Cl2N2O12. The smallest absolute Gasteiger partial charge is 0.333 e. The molecule has 0 saturated heterocycles. The molecule has 0 aromatic rings. The summed E-state index contributed by atoms with van der Waals surface area (Å²) in [6.45, 7) is 33.5. The van der Waals surface area contributed by atoms with Crippen molar-refractivity contribution in [3.8, 4) is 0 Å². The van der Waals surface area contributed by atoms with Crippen LogP contribution in [0.3, 0.4) is 0 Å². The van der Waals surface area contributed by atoms with E-state index in [1.165, 1.54) is 14.2 Å². The van der Waals surface area contributed by atoms with E-state index in [1.807, 2.05) is 0 Å². The molecule has 0 atom stereocenters. The lowest BCUT2D eigenvalue weighted by Gasteiger charge is -2.23. The number of carbonyl (C=O) groups excluding carboxylic acids is 6. The number of hydrogen-bond acceptors (Lipinski definition) is 12. The van der Waals surface area contributed by atoms with Gasteiger partial charge < -0.3 is 62.2 Å². The van der Waals surface area contributed by atoms with Gasteiger partial charge in [-0.05, 0) is 41.5 Å². The Morgan fingerprint density at radius 1 is 0.481 bits per heavy atom. The fourth-order valence-electron chi connectivity index (χ4n) is 1.82. The molecule has 54 heavy (non-hydrogen) atoms. The lowest BCUT2D eigenvalue weighted by Crippen LogP contribution is -3.00. The summed E-state index contributed by atoms with van der Waals surface area (Å²) in [4.78, 5) is 62.3. The first-order valence-electron chi connectivity index (χ1n) is 16.0. The standard InChI is InChI=1S/2C9H18NO2.4C5H8O2.2ClH/c2*1-8(2)9(11)12-7-6-10(3,4)5;2*1-4(2)5(6)7-3;2*1-3-5(6)7-4-2;;/h2*1,6-7H2,2-5H3;2*1H2,2-3H3;2*3H,1,4H2,2H3;2*1H/q2*+1;;;;;;/p-2. The van der Waals surface area contributed by atoms with Crippen molar-refractivity contribution in [2.24, 2.45) is 0 Å². The lowest BCUT2D eigenvalue weighted by atomic mass is 10.4. The van der Waals surface area contributed by atoms with Gasteiger partial charge in [0.1, 0.15) is 26.3 Å². The number of methoxy groups -OCH3 is 2. The summed E-state index contributed by atoms with van der Waals surface area (Å²) >= 11 is 0. The second-order valence-corrected chi connectivity index (χ2v) is 12.3. The van der Waals surface area contributed by atoms with Gasteiger partial charge in [0, 0.05) is 34.4 Å². The predicted molar refractivity (Wildman–Crippen MR) is 205 cm³/mol. The van der Waals surface area contributed by atoms with Crippen molar-refractivity contribution < 1.29 is 91.0 Å². The number of hydrogen-bond donors (Lipinski definition) is 0. The Balaban J connectivity index is -0.0000000793. The van der Waals surface area contributed by atoms with Crippen molar-refractivity contribution in [1.29, 1.82) is 0 Å². The number of likely N-dealkylation sites (N-methyl/N-ethyl adjacent to an activating group) is 2. The van der Waals surface area contributed by atoms with Gasteiger partial charge in [-0.15, -0.1) is 0 Å². The molecule has 0 spiro atoms. The van der Waals surface area contributed by atoms with E-state index in [9.17, 15) is 28.8 Å². The maximum Gasteiger partial charge on any atom is 0.333 e. The average molecular weight is 816 g/mol. The molecule has 0 aliphatic rings. The van der Waals surface area contributed by atoms with Gasteiger partial charge in [0.25, 0.3) is 0 Å². The van der Waals surface area contributed by atoms with Crippen LogP contribution in [0.5, 0.6) is 0 Å². The van der Waals surface area contributed by atoms with Crippen molar-refractivity contribution in [2.75, 3.05) is 96.0 Å². The topological polar surface area (TPSA) is 158 Å². The number of ether oxygens (including phenoxy) is 6. The Morgan fingerprint density at radius 2 is 0.704 bits per heavy atom. The highest BCUT2D eigenvalue weighted by Gasteiger charge is 2.10. The molecule has 0 aromatic carbocycles. The zero-order valence-corrected chi connectivity index (χ0v) is 36.7. The first kappa shape index (κ1) is 67.8. The molecular weight excluding hydrogens is 747 g/mol. The summed E-state index contributed by atoms with van der Waals surface area (Å²) in [5, 5.41) is 0. The van der Waals surface area contributed by atoms with E-state index < -0.39 is 0 Å². The maximum atomic E-state index is 10.9. The molecule has 0 aliphatic heterocycles. The van der Waals surface area contributed by atoms with Crippen molar-refractivity contribution in [3.63, 3.8) is 0 Å². The van der Waals surface area contributed by atoms with Crippen molar-refractivity contribution in [2.45, 2.75) is 41.5 Å². The van der Waals surface area contributed by atoms with Crippen LogP contribution in [0.25, 0.3) is 0 Å². The van der Waals surface area contributed by atoms with E-state index in [2.05, 4.69) is 101 Å². The Bertz CT molecular complexity index is 1080. The second kappa shape index (κ2) is 41.5. The number of halogens is 2. The lowest BCUT2D eigenvalue weighted by molar-refractivity contribution is -0.870. The zero-order chi connectivity index (χ0) is 42.7. The van der Waals surface area contributed by atoms with E-state index >= 15 is 0 Å². The van der Waals surface area contributed by atoms with Gasteiger partial charge >= 0.3 is 35.8 Å². The molecule has 0 unspecified atom stereocenters. The molecule has 0 radical (unpaired) electrons. The normalized spacial score (nSPS) is 8.85. The molecule has 316 valence electrons. The maximum absolute atomic E-state index is 10.9. The third-order valence-corrected chi connectivity index (χ3v) is 4.66. The summed E-state index contributed by atoms with van der Waals surface area (Å²) in [6.07, 6.45) is 2.28. The van der Waals surface area contributed by atoms with Crippen LogP contribution >= 0.6 is 0 Å². The van der Waals surface area contributed by atoms with Crippen LogP contribution in [0.2, 0.25) is 0 Å². The molecule has 0 N–H and O–H groups in total. The SMILES string of the molecule is C=C(C)C(=O)OC.C=C(C)C(=O)OC.C=C(C)C(=O)OCC[N+](C)(C)C.C=C(C)C(=O)OCC[N+](C)(C)C.C=CC(=O)OCC.C=CC(=O)OCC.[Cl-].[Cl-]. The van der Waals surface area contributed by atoms with E-state index in [1.54, 1.807) is 41.5 Å². The first-order chi connectivity index (χ1) is 23.6. The zero-order valence-electron chi connectivity index (χ0n) is 35.2. The number of nitrogens with zero attached hydrogens (tertiary/aromatic N) is 2. The summed E-state index contributed by atoms with van der Waals surface area (Å²) in [6, 6.07) is 0. The van der Waals surface area contributed by atoms with Gasteiger partial charge in [-0.1, -0.05) is 39.5 Å². The van der Waals surface area contributed by atoms with Crippen molar-refractivity contribution >= 4 is 35.8 Å². The highest BCUT2D eigenvalue weighted by Crippen LogP contribution is 1.96. The van der Waals surface area contributed by atoms with E-state index in [-0.39, 0.29) is 60.6 Å². The third kappa shape index (κ3) is 66.1. The van der Waals surface area contributed by atoms with E-state index in [4.69, 9.17) is 9.47 Å². The number of rotatable bonds is 14. The largest absolute Gasteiger partial charge is 1.00 e. The molecule has 16 heteroatoms. The van der Waals surface area contributed by atoms with Crippen LogP contribution in [0.15, 0.2) is 73.9 Å². The molecule has 0 amide bonds. The van der Waals surface area contributed by atoms with Crippen LogP contribution in [0, 0.1) is 0 Å². The minimum absolute atomic E-state index is 0. The highest BCUT2D eigenvalue weighted by atomic mass is 35.5. The molecule has 14 nitrogen and oxygen atoms in total. The summed E-state index contributed by atoms with van der Waals surface area (Å²) in [7, 11) is 15.0. The molecule has 0 heterocycles. The van der Waals surface area contributed by atoms with E-state index in [0.29, 0.717) is 48.7 Å². The monoisotopic (exact) mass is 814 g/mol. The average Bonchev–Trinajstić information content (AvgIpc) is 3.04. The van der Waals surface area contributed by atoms with Crippen molar-refractivity contribution in [1.82, 2.24) is 0 Å². The fourth-order valence-corrected chi connectivity index (χ4v) is 1.82. The summed E-state index contributed by atoms with van der Waals surface area (Å²) < 4.78 is 28.9. The minimum Gasteiger partial charge on any atom is -1.00 e. The number of carbonyl (C=O) groups is 6. The molecule has 0 fully saturated rings. The predicted octanol–water partition coefficient (Wildman–Crippen LogP) is -1.43. The van der Waals surface area contributed by atoms with Crippen LogP contribution in [0.4, 0.5) is 0 Å². The Morgan fingerprint density at radius 3 is 0.796 bits per heavy atom. The van der Waals surface area contributed by atoms with Gasteiger partial charge in [0.05, 0.1) is 69.7 Å². The molecule has 0 bridgehead atoms. The molecule has 0 aromatic heterocycles. The Labute approximate surface area is 337 Å². The Hall–Kier alpha value is -4.24. The molecule has 0 saturated carbocycles. The van der Waals surface area contributed by atoms with E-state index in [0.717, 1.165) is 34.2 Å². The van der Waals surface area contributed by atoms with Gasteiger partial charge in [0.2, 0.25) is 0 Å². The van der Waals surface area contributed by atoms with Crippen molar-refractivity contribution in [3.05, 3.63) is 73.9 Å². The van der Waals surface area contributed by atoms with Crippen LogP contribution in [0.1, 0.15) is 41.5 Å². The number of esters is 6. The number of quaternary nitrogens is 2. The van der Waals surface area contributed by atoms with Gasteiger partial charge in [0.15, 0.2) is 0 Å². The van der Waals surface area contributed by atoms with Gasteiger partial charge in [-0.3, -0.25) is 0 Å². The second-order valence-electron chi connectivity index (χ2n) is 12.3. The van der Waals surface area contributed by atoms with Crippen LogP contribution < -0.4 is 24.8 Å². The quantitative estimate of drug-likeness (QED) is 0.0874. The highest BCUT2D eigenvalue weighted by molar-refractivity contribution is 5.88. The fraction of sp³-hybridized carbons (Fsp3) is 0.526. The minimum atomic E-state index is -0.359. The summed E-state index contributed by atoms with van der Waals surface area (Å²) in [5.74, 6) is -2.02. The Kier molecular flexibility index (Phi) is 52.2. The van der Waals surface area contributed by atoms with Gasteiger partial charge in [-0.25, -0.2) is 28.8 Å². The summed E-state index contributed by atoms with van der Waals surface area (Å²) in [5.41, 5.74) is 1.78. The molecule has 0 rings (SSSR count). The van der Waals surface area contributed by atoms with Gasteiger partial charge in [-0.2, -0.15) is 0 Å². The molecule has 0 aliphatic carbocycles. The van der Waals surface area contributed by atoms with Crippen LogP contribution in [-0.2, 0) is 57.2 Å². The van der Waals surface area contributed by atoms with Crippen LogP contribution in [-0.4, -0.2) is 141 Å². The third-order valence-electron chi connectivity index (χ3n) is 4.66.